The van der Waals surface area contributed by atoms with Gasteiger partial charge in [-0.05, 0) is 80.4 Å². The first-order valence-electron chi connectivity index (χ1n) is 15.0. The maximum Gasteiger partial charge on any atom is 0.338 e. The maximum absolute atomic E-state index is 13.9. The third-order valence-electron chi connectivity index (χ3n) is 9.73. The lowest BCUT2D eigenvalue weighted by atomic mass is 9.74. The molecule has 1 aromatic rings. The van der Waals surface area contributed by atoms with Crippen LogP contribution in [0.4, 0.5) is 0 Å². The van der Waals surface area contributed by atoms with Gasteiger partial charge in [0.05, 0.1) is 18.2 Å². The fourth-order valence-electron chi connectivity index (χ4n) is 7.31. The molecule has 3 atom stereocenters. The highest BCUT2D eigenvalue weighted by atomic mass is 16.5. The summed E-state index contributed by atoms with van der Waals surface area (Å²) in [5.74, 6) is 2.42. The third-order valence-corrected chi connectivity index (χ3v) is 9.73. The first-order chi connectivity index (χ1) is 17.9. The van der Waals surface area contributed by atoms with Gasteiger partial charge in [-0.1, -0.05) is 64.5 Å². The normalized spacial score (nSPS) is 27.6. The summed E-state index contributed by atoms with van der Waals surface area (Å²) in [7, 11) is 0. The molecule has 2 saturated carbocycles. The monoisotopic (exact) mass is 509 g/mol. The van der Waals surface area contributed by atoms with Gasteiger partial charge < -0.3 is 9.64 Å². The van der Waals surface area contributed by atoms with Crippen molar-refractivity contribution >= 4 is 17.7 Å². The molecule has 1 heterocycles. The molecule has 0 bridgehead atoms. The van der Waals surface area contributed by atoms with Gasteiger partial charge >= 0.3 is 5.97 Å². The quantitative estimate of drug-likeness (QED) is 0.351. The minimum Gasteiger partial charge on any atom is -0.462 e. The van der Waals surface area contributed by atoms with Crippen LogP contribution in [0.15, 0.2) is 24.3 Å². The van der Waals surface area contributed by atoms with Crippen molar-refractivity contribution in [2.75, 3.05) is 13.2 Å². The van der Waals surface area contributed by atoms with Crippen LogP contribution in [-0.2, 0) is 20.7 Å². The number of likely N-dealkylation sites (tertiary alicyclic amines) is 1. The molecule has 5 nitrogen and oxygen atoms in total. The van der Waals surface area contributed by atoms with E-state index in [4.69, 9.17) is 4.74 Å². The van der Waals surface area contributed by atoms with Gasteiger partial charge in [0.2, 0.25) is 5.91 Å². The molecule has 4 rings (SSSR count). The number of rotatable bonds is 9. The SMILES string of the molecule is CCOC(=O)c1ccc(CC(=O)[C@@H]2[C@H](C3CCCCC3)CCN2C(=O)C2CCC(C(C)CC)CC2)cc1. The molecule has 2 aliphatic carbocycles. The Bertz CT molecular complexity index is 911. The molecule has 1 amide bonds. The second-order valence-corrected chi connectivity index (χ2v) is 11.9. The van der Waals surface area contributed by atoms with Gasteiger partial charge in [-0.25, -0.2) is 4.79 Å². The Morgan fingerprint density at radius 3 is 2.22 bits per heavy atom. The van der Waals surface area contributed by atoms with Gasteiger partial charge in [0.15, 0.2) is 5.78 Å². The van der Waals surface area contributed by atoms with Crippen molar-refractivity contribution in [2.45, 2.75) is 104 Å². The summed E-state index contributed by atoms with van der Waals surface area (Å²) in [6.07, 6.45) is 12.8. The zero-order valence-electron chi connectivity index (χ0n) is 23.3. The summed E-state index contributed by atoms with van der Waals surface area (Å²) in [5, 5.41) is 0. The molecule has 3 fully saturated rings. The van der Waals surface area contributed by atoms with E-state index in [1.807, 2.05) is 17.0 Å². The molecule has 1 aliphatic heterocycles. The van der Waals surface area contributed by atoms with Crippen molar-refractivity contribution in [3.8, 4) is 0 Å². The van der Waals surface area contributed by atoms with Gasteiger partial charge in [0.25, 0.3) is 0 Å². The van der Waals surface area contributed by atoms with Gasteiger partial charge in [0.1, 0.15) is 0 Å². The van der Waals surface area contributed by atoms with Crippen LogP contribution in [0.1, 0.15) is 107 Å². The van der Waals surface area contributed by atoms with Crippen LogP contribution >= 0.6 is 0 Å². The first kappa shape index (κ1) is 27.9. The van der Waals surface area contributed by atoms with Crippen LogP contribution in [0.25, 0.3) is 0 Å². The molecule has 5 heteroatoms. The van der Waals surface area contributed by atoms with E-state index in [9.17, 15) is 14.4 Å². The van der Waals surface area contributed by atoms with E-state index in [0.29, 0.717) is 24.5 Å². The molecule has 1 aromatic carbocycles. The molecular formula is C32H47NO4. The standard InChI is InChI=1S/C32H47NO4/c1-4-22(3)24-15-17-26(18-16-24)31(35)33-20-19-28(25-9-7-6-8-10-25)30(33)29(34)21-23-11-13-27(14-12-23)32(36)37-5-2/h11-14,22,24-26,28,30H,4-10,15-21H2,1-3H3/t22?,24?,26?,28-,30-/m0/s1. The lowest BCUT2D eigenvalue weighted by Crippen LogP contribution is -2.48. The third kappa shape index (κ3) is 6.64. The number of carbonyl (C=O) groups excluding carboxylic acids is 3. The number of benzene rings is 1. The molecule has 0 aromatic heterocycles. The fraction of sp³-hybridized carbons (Fsp3) is 0.719. The van der Waals surface area contributed by atoms with E-state index in [1.165, 1.54) is 38.5 Å². The van der Waals surface area contributed by atoms with Crippen molar-refractivity contribution in [3.05, 3.63) is 35.4 Å². The van der Waals surface area contributed by atoms with E-state index in [1.54, 1.807) is 19.1 Å². The summed E-state index contributed by atoms with van der Waals surface area (Å²) in [5.41, 5.74) is 1.40. The Morgan fingerprint density at radius 2 is 1.59 bits per heavy atom. The molecule has 1 unspecified atom stereocenters. The van der Waals surface area contributed by atoms with Crippen molar-refractivity contribution in [1.29, 1.82) is 0 Å². The van der Waals surface area contributed by atoms with E-state index in [0.717, 1.165) is 56.0 Å². The van der Waals surface area contributed by atoms with Gasteiger partial charge in [-0.3, -0.25) is 9.59 Å². The number of carbonyl (C=O) groups is 3. The van der Waals surface area contributed by atoms with E-state index < -0.39 is 0 Å². The lowest BCUT2D eigenvalue weighted by Gasteiger charge is -2.37. The van der Waals surface area contributed by atoms with Crippen molar-refractivity contribution < 1.29 is 19.1 Å². The summed E-state index contributed by atoms with van der Waals surface area (Å²) in [4.78, 5) is 41.7. The Balaban J connectivity index is 1.47. The zero-order chi connectivity index (χ0) is 26.4. The van der Waals surface area contributed by atoms with Crippen molar-refractivity contribution in [2.24, 2.45) is 29.6 Å². The van der Waals surface area contributed by atoms with E-state index >= 15 is 0 Å². The topological polar surface area (TPSA) is 63.7 Å². The number of ketones is 1. The highest BCUT2D eigenvalue weighted by molar-refractivity contribution is 5.92. The highest BCUT2D eigenvalue weighted by Gasteiger charge is 2.46. The Morgan fingerprint density at radius 1 is 0.919 bits per heavy atom. The van der Waals surface area contributed by atoms with E-state index in [-0.39, 0.29) is 35.5 Å². The van der Waals surface area contributed by atoms with Crippen LogP contribution in [-0.4, -0.2) is 41.8 Å². The molecule has 37 heavy (non-hydrogen) atoms. The number of esters is 1. The fourth-order valence-corrected chi connectivity index (χ4v) is 7.31. The Kier molecular flexibility index (Phi) is 9.83. The summed E-state index contributed by atoms with van der Waals surface area (Å²) >= 11 is 0. The molecule has 0 N–H and O–H groups in total. The predicted molar refractivity (Wildman–Crippen MR) is 146 cm³/mol. The number of amides is 1. The second kappa shape index (κ2) is 13.1. The largest absolute Gasteiger partial charge is 0.462 e. The van der Waals surface area contributed by atoms with Gasteiger partial charge in [-0.2, -0.15) is 0 Å². The average Bonchev–Trinajstić information content (AvgIpc) is 3.39. The number of hydrogen-bond donors (Lipinski definition) is 0. The highest BCUT2D eigenvalue weighted by Crippen LogP contribution is 2.42. The van der Waals surface area contributed by atoms with Gasteiger partial charge in [0, 0.05) is 18.9 Å². The number of ether oxygens (including phenoxy) is 1. The maximum atomic E-state index is 13.9. The van der Waals surface area contributed by atoms with Crippen LogP contribution in [0.5, 0.6) is 0 Å². The molecule has 3 aliphatic rings. The van der Waals surface area contributed by atoms with Crippen LogP contribution < -0.4 is 0 Å². The summed E-state index contributed by atoms with van der Waals surface area (Å²) in [6.45, 7) is 7.46. The second-order valence-electron chi connectivity index (χ2n) is 11.9. The van der Waals surface area contributed by atoms with Crippen LogP contribution in [0.3, 0.4) is 0 Å². The lowest BCUT2D eigenvalue weighted by molar-refractivity contribution is -0.143. The minimum atomic E-state index is -0.339. The molecule has 204 valence electrons. The molecule has 1 saturated heterocycles. The van der Waals surface area contributed by atoms with Crippen molar-refractivity contribution in [3.63, 3.8) is 0 Å². The van der Waals surface area contributed by atoms with Crippen LogP contribution in [0.2, 0.25) is 0 Å². The summed E-state index contributed by atoms with van der Waals surface area (Å²) in [6, 6.07) is 6.90. The number of Topliss-reactive ketones (excluding diaryl/α,β-unsaturated/α-hetero) is 1. The zero-order valence-corrected chi connectivity index (χ0v) is 23.3. The first-order valence-corrected chi connectivity index (χ1v) is 15.0. The summed E-state index contributed by atoms with van der Waals surface area (Å²) < 4.78 is 5.09. The van der Waals surface area contributed by atoms with Gasteiger partial charge in [-0.15, -0.1) is 0 Å². The molecule has 0 radical (unpaired) electrons. The van der Waals surface area contributed by atoms with Crippen LogP contribution in [0, 0.1) is 29.6 Å². The predicted octanol–water partition coefficient (Wildman–Crippen LogP) is 6.62. The minimum absolute atomic E-state index is 0.0737. The Labute approximate surface area is 223 Å². The molecular weight excluding hydrogens is 462 g/mol. The molecule has 0 spiro atoms. The average molecular weight is 510 g/mol. The van der Waals surface area contributed by atoms with Crippen molar-refractivity contribution in [1.82, 2.24) is 4.90 Å². The number of nitrogens with zero attached hydrogens (tertiary/aromatic N) is 1. The number of hydrogen-bond acceptors (Lipinski definition) is 4. The van der Waals surface area contributed by atoms with E-state index in [2.05, 4.69) is 13.8 Å². The Hall–Kier alpha value is -2.17. The smallest absolute Gasteiger partial charge is 0.338 e.